The Morgan fingerprint density at radius 2 is 1.86 bits per heavy atom. The zero-order chi connectivity index (χ0) is 15.8. The maximum absolute atomic E-state index is 6.16. The van der Waals surface area contributed by atoms with Gasteiger partial charge in [-0.05, 0) is 62.6 Å². The molecule has 1 aromatic carbocycles. The molecule has 1 unspecified atom stereocenters. The molecule has 1 atom stereocenters. The summed E-state index contributed by atoms with van der Waals surface area (Å²) in [5.74, 6) is 2.23. The number of aryl methyl sites for hydroxylation is 2. The Morgan fingerprint density at radius 1 is 1.14 bits per heavy atom. The van der Waals surface area contributed by atoms with Crippen LogP contribution in [0.4, 0.5) is 0 Å². The van der Waals surface area contributed by atoms with Crippen LogP contribution < -0.4 is 10.5 Å². The summed E-state index contributed by atoms with van der Waals surface area (Å²) in [4.78, 5) is 0. The summed E-state index contributed by atoms with van der Waals surface area (Å²) in [5, 5.41) is 0. The number of rotatable bonds is 9. The van der Waals surface area contributed by atoms with Crippen molar-refractivity contribution in [3.05, 3.63) is 28.8 Å². The number of ether oxygens (including phenoxy) is 1. The van der Waals surface area contributed by atoms with Gasteiger partial charge >= 0.3 is 0 Å². The van der Waals surface area contributed by atoms with Crippen LogP contribution in [-0.2, 0) is 0 Å². The summed E-state index contributed by atoms with van der Waals surface area (Å²) >= 11 is 0. The van der Waals surface area contributed by atoms with Crippen LogP contribution in [0.3, 0.4) is 0 Å². The minimum Gasteiger partial charge on any atom is -0.493 e. The molecule has 120 valence electrons. The molecule has 0 spiro atoms. The molecule has 0 fully saturated rings. The summed E-state index contributed by atoms with van der Waals surface area (Å²) in [6.07, 6.45) is 4.65. The molecule has 2 heteroatoms. The van der Waals surface area contributed by atoms with E-state index in [4.69, 9.17) is 10.5 Å². The molecule has 1 rings (SSSR count). The molecule has 0 aromatic heterocycles. The second kappa shape index (κ2) is 9.09. The fraction of sp³-hybridized carbons (Fsp3) is 0.684. The molecule has 0 aliphatic rings. The molecule has 0 amide bonds. The predicted molar refractivity (Wildman–Crippen MR) is 92.2 cm³/mol. The summed E-state index contributed by atoms with van der Waals surface area (Å²) in [5.41, 5.74) is 9.70. The molecule has 0 heterocycles. The van der Waals surface area contributed by atoms with Crippen LogP contribution in [0.5, 0.6) is 5.75 Å². The van der Waals surface area contributed by atoms with Crippen molar-refractivity contribution in [1.29, 1.82) is 0 Å². The molecule has 0 saturated carbocycles. The predicted octanol–water partition coefficient (Wildman–Crippen LogP) is 4.96. The van der Waals surface area contributed by atoms with Crippen LogP contribution in [0.25, 0.3) is 0 Å². The van der Waals surface area contributed by atoms with Crippen LogP contribution >= 0.6 is 0 Å². The summed E-state index contributed by atoms with van der Waals surface area (Å²) < 4.78 is 6.16. The number of nitrogens with two attached hydrogens (primary N) is 1. The highest BCUT2D eigenvalue weighted by molar-refractivity contribution is 5.45. The van der Waals surface area contributed by atoms with E-state index in [0.29, 0.717) is 11.8 Å². The molecule has 2 nitrogen and oxygen atoms in total. The molecule has 1 aromatic rings. The van der Waals surface area contributed by atoms with Crippen molar-refractivity contribution in [2.45, 2.75) is 66.2 Å². The molecule has 2 N–H and O–H groups in total. The van der Waals surface area contributed by atoms with Crippen molar-refractivity contribution in [3.63, 3.8) is 0 Å². The zero-order valence-corrected chi connectivity index (χ0v) is 14.5. The van der Waals surface area contributed by atoms with E-state index in [0.717, 1.165) is 31.7 Å². The number of hydrogen-bond acceptors (Lipinski definition) is 2. The lowest BCUT2D eigenvalue weighted by Crippen LogP contribution is -2.11. The van der Waals surface area contributed by atoms with Crippen LogP contribution in [0.2, 0.25) is 0 Å². The van der Waals surface area contributed by atoms with E-state index < -0.39 is 0 Å². The summed E-state index contributed by atoms with van der Waals surface area (Å²) in [6, 6.07) is 4.55. The largest absolute Gasteiger partial charge is 0.493 e. The maximum Gasteiger partial charge on any atom is 0.125 e. The average Bonchev–Trinajstić information content (AvgIpc) is 2.41. The van der Waals surface area contributed by atoms with E-state index in [2.05, 4.69) is 46.8 Å². The Balaban J connectivity index is 3.09. The van der Waals surface area contributed by atoms with Gasteiger partial charge in [-0.15, -0.1) is 0 Å². The van der Waals surface area contributed by atoms with Gasteiger partial charge < -0.3 is 10.5 Å². The maximum atomic E-state index is 6.16. The molecule has 0 saturated heterocycles. The van der Waals surface area contributed by atoms with Gasteiger partial charge in [0.05, 0.1) is 6.61 Å². The fourth-order valence-corrected chi connectivity index (χ4v) is 2.91. The number of benzene rings is 1. The number of hydrogen-bond donors (Lipinski definition) is 1. The van der Waals surface area contributed by atoms with E-state index in [1.807, 2.05) is 0 Å². The Hall–Kier alpha value is -1.02. The molecule has 0 bridgehead atoms. The van der Waals surface area contributed by atoms with Crippen LogP contribution in [0.15, 0.2) is 12.1 Å². The second-order valence-electron chi connectivity index (χ2n) is 6.62. The van der Waals surface area contributed by atoms with E-state index in [-0.39, 0.29) is 0 Å². The lowest BCUT2D eigenvalue weighted by atomic mass is 9.87. The Labute approximate surface area is 131 Å². The lowest BCUT2D eigenvalue weighted by Gasteiger charge is -2.23. The lowest BCUT2D eigenvalue weighted by molar-refractivity contribution is 0.264. The fourth-order valence-electron chi connectivity index (χ4n) is 2.91. The quantitative estimate of drug-likeness (QED) is 0.698. The highest BCUT2D eigenvalue weighted by Crippen LogP contribution is 2.36. The van der Waals surface area contributed by atoms with Crippen molar-refractivity contribution in [2.75, 3.05) is 13.2 Å². The zero-order valence-electron chi connectivity index (χ0n) is 14.5. The normalized spacial score (nSPS) is 12.7. The minimum atomic E-state index is 0.548. The van der Waals surface area contributed by atoms with Gasteiger partial charge in [0.2, 0.25) is 0 Å². The van der Waals surface area contributed by atoms with Crippen LogP contribution in [-0.4, -0.2) is 13.2 Å². The summed E-state index contributed by atoms with van der Waals surface area (Å²) in [6.45, 7) is 12.5. The van der Waals surface area contributed by atoms with Gasteiger partial charge in [-0.3, -0.25) is 0 Å². The Bertz CT molecular complexity index is 426. The van der Waals surface area contributed by atoms with Gasteiger partial charge in [-0.2, -0.15) is 0 Å². The van der Waals surface area contributed by atoms with E-state index in [1.165, 1.54) is 29.5 Å². The van der Waals surface area contributed by atoms with Crippen molar-refractivity contribution >= 4 is 0 Å². The average molecular weight is 291 g/mol. The van der Waals surface area contributed by atoms with Gasteiger partial charge in [0.1, 0.15) is 5.75 Å². The third-order valence-electron chi connectivity index (χ3n) is 3.84. The van der Waals surface area contributed by atoms with E-state index in [1.54, 1.807) is 0 Å². The molecular weight excluding hydrogens is 258 g/mol. The van der Waals surface area contributed by atoms with Gasteiger partial charge in [0.15, 0.2) is 0 Å². The van der Waals surface area contributed by atoms with E-state index in [9.17, 15) is 0 Å². The Kier molecular flexibility index (Phi) is 7.81. The van der Waals surface area contributed by atoms with Crippen LogP contribution in [0.1, 0.15) is 69.1 Å². The third-order valence-corrected chi connectivity index (χ3v) is 3.84. The molecule has 21 heavy (non-hydrogen) atoms. The van der Waals surface area contributed by atoms with Crippen molar-refractivity contribution < 1.29 is 4.74 Å². The first-order valence-corrected chi connectivity index (χ1v) is 8.43. The molecule has 0 aliphatic heterocycles. The SMILES string of the molecule is CCCC(CCCN)c1cc(C)cc(C)c1OCC(C)C. The second-order valence-corrected chi connectivity index (χ2v) is 6.62. The van der Waals surface area contributed by atoms with Crippen molar-refractivity contribution in [3.8, 4) is 5.75 Å². The Morgan fingerprint density at radius 3 is 2.43 bits per heavy atom. The van der Waals surface area contributed by atoms with Gasteiger partial charge in [-0.1, -0.05) is 44.9 Å². The summed E-state index contributed by atoms with van der Waals surface area (Å²) in [7, 11) is 0. The first-order chi connectivity index (χ1) is 9.99. The third kappa shape index (κ3) is 5.70. The molecule has 0 radical (unpaired) electrons. The first-order valence-electron chi connectivity index (χ1n) is 8.43. The highest BCUT2D eigenvalue weighted by Gasteiger charge is 2.18. The first kappa shape index (κ1) is 18.0. The van der Waals surface area contributed by atoms with Gasteiger partial charge in [-0.25, -0.2) is 0 Å². The molecule has 0 aliphatic carbocycles. The monoisotopic (exact) mass is 291 g/mol. The van der Waals surface area contributed by atoms with Crippen molar-refractivity contribution in [2.24, 2.45) is 11.7 Å². The molecular formula is C19H33NO. The minimum absolute atomic E-state index is 0.548. The van der Waals surface area contributed by atoms with Gasteiger partial charge in [0.25, 0.3) is 0 Å². The highest BCUT2D eigenvalue weighted by atomic mass is 16.5. The standard InChI is InChI=1S/C19H33NO/c1-6-8-17(9-7-10-20)18-12-15(4)11-16(5)19(18)21-13-14(2)3/h11-12,14,17H,6-10,13,20H2,1-5H3. The smallest absolute Gasteiger partial charge is 0.125 e. The van der Waals surface area contributed by atoms with Crippen molar-refractivity contribution in [1.82, 2.24) is 0 Å². The van der Waals surface area contributed by atoms with Crippen LogP contribution in [0, 0.1) is 19.8 Å². The van der Waals surface area contributed by atoms with E-state index >= 15 is 0 Å². The topological polar surface area (TPSA) is 35.2 Å². The van der Waals surface area contributed by atoms with Gasteiger partial charge in [0, 0.05) is 0 Å².